The van der Waals surface area contributed by atoms with Gasteiger partial charge in [0.05, 0.1) is 5.88 Å². The molecule has 2 amide bonds. The lowest BCUT2D eigenvalue weighted by Gasteiger charge is -2.07. The number of rotatable bonds is 4. The predicted octanol–water partition coefficient (Wildman–Crippen LogP) is 1.15. The maximum Gasteiger partial charge on any atom is 0.312 e. The molecule has 3 N–H and O–H groups in total. The van der Waals surface area contributed by atoms with E-state index in [2.05, 4.69) is 15.3 Å². The first-order valence-corrected chi connectivity index (χ1v) is 6.06. The van der Waals surface area contributed by atoms with Crippen molar-refractivity contribution in [1.29, 1.82) is 0 Å². The summed E-state index contributed by atoms with van der Waals surface area (Å²) in [7, 11) is 0. The number of nitrogens with two attached hydrogens (primary N) is 1. The fraction of sp³-hybridized carbons (Fsp3) is 0.364. The molecule has 0 fully saturated rings. The van der Waals surface area contributed by atoms with Gasteiger partial charge in [-0.25, -0.2) is 14.8 Å². The molecule has 2 aromatic heterocycles. The lowest BCUT2D eigenvalue weighted by Crippen LogP contribution is -2.32. The molecule has 0 aliphatic rings. The van der Waals surface area contributed by atoms with Crippen molar-refractivity contribution in [3.05, 3.63) is 23.7 Å². The molecule has 2 rings (SSSR count). The number of carbonyl (C=O) groups excluding carboxylic acids is 1. The quantitative estimate of drug-likeness (QED) is 0.815. The molecule has 2 heterocycles. The molecule has 0 atom stereocenters. The second kappa shape index (κ2) is 5.22. The largest absolute Gasteiger partial charge is 0.352 e. The monoisotopic (exact) mass is 267 g/mol. The van der Waals surface area contributed by atoms with Gasteiger partial charge in [0.15, 0.2) is 5.65 Å². The van der Waals surface area contributed by atoms with Crippen molar-refractivity contribution in [2.24, 2.45) is 5.73 Å². The number of hydrogen-bond donors (Lipinski definition) is 2. The first-order valence-electron chi connectivity index (χ1n) is 5.53. The Hall–Kier alpha value is -1.82. The first-order chi connectivity index (χ1) is 8.61. The molecular weight excluding hydrogens is 254 g/mol. The van der Waals surface area contributed by atoms with Gasteiger partial charge in [-0.15, -0.1) is 11.6 Å². The highest BCUT2D eigenvalue weighted by atomic mass is 35.5. The third kappa shape index (κ3) is 2.53. The summed E-state index contributed by atoms with van der Waals surface area (Å²) in [5.41, 5.74) is 7.64. The number of primary amides is 1. The lowest BCUT2D eigenvalue weighted by molar-refractivity contribution is 0.248. The van der Waals surface area contributed by atoms with Crippen LogP contribution in [0.15, 0.2) is 12.3 Å². The van der Waals surface area contributed by atoms with E-state index >= 15 is 0 Å². The van der Waals surface area contributed by atoms with E-state index in [-0.39, 0.29) is 0 Å². The van der Waals surface area contributed by atoms with Gasteiger partial charge < -0.3 is 15.6 Å². The Kier molecular flexibility index (Phi) is 3.66. The molecule has 6 nitrogen and oxygen atoms in total. The Morgan fingerprint density at radius 3 is 3.06 bits per heavy atom. The molecular formula is C11H14ClN5O. The summed E-state index contributed by atoms with van der Waals surface area (Å²) in [6, 6.07) is 1.41. The van der Waals surface area contributed by atoms with Crippen molar-refractivity contribution < 1.29 is 4.79 Å². The van der Waals surface area contributed by atoms with Crippen molar-refractivity contribution in [1.82, 2.24) is 19.9 Å². The van der Waals surface area contributed by atoms with Crippen LogP contribution in [0, 0.1) is 6.92 Å². The second-order valence-electron chi connectivity index (χ2n) is 3.96. The number of fused-ring (bicyclic) bond motifs is 1. The topological polar surface area (TPSA) is 85.8 Å². The van der Waals surface area contributed by atoms with E-state index in [4.69, 9.17) is 17.3 Å². The average molecular weight is 268 g/mol. The highest BCUT2D eigenvalue weighted by Gasteiger charge is 2.11. The summed E-state index contributed by atoms with van der Waals surface area (Å²) >= 11 is 5.86. The number of pyridine rings is 1. The maximum absolute atomic E-state index is 10.6. The molecule has 2 aromatic rings. The van der Waals surface area contributed by atoms with E-state index in [1.807, 2.05) is 17.6 Å². The zero-order chi connectivity index (χ0) is 13.1. The van der Waals surface area contributed by atoms with Crippen LogP contribution in [0.5, 0.6) is 0 Å². The van der Waals surface area contributed by atoms with Crippen LogP contribution in [0.2, 0.25) is 0 Å². The zero-order valence-electron chi connectivity index (χ0n) is 9.98. The molecule has 0 aromatic carbocycles. The predicted molar refractivity (Wildman–Crippen MR) is 69.4 cm³/mol. The summed E-state index contributed by atoms with van der Waals surface area (Å²) in [5.74, 6) is 1.03. The van der Waals surface area contributed by atoms with E-state index in [0.717, 1.165) is 22.6 Å². The van der Waals surface area contributed by atoms with Gasteiger partial charge in [0.2, 0.25) is 0 Å². The number of carbonyl (C=O) groups is 1. The Labute approximate surface area is 109 Å². The maximum atomic E-state index is 10.6. The van der Waals surface area contributed by atoms with Crippen LogP contribution in [0.1, 0.15) is 11.4 Å². The average Bonchev–Trinajstić information content (AvgIpc) is 2.66. The molecule has 0 aliphatic heterocycles. The number of imidazole rings is 1. The van der Waals surface area contributed by atoms with Crippen molar-refractivity contribution in [2.75, 3.05) is 6.54 Å². The number of alkyl halides is 1. The van der Waals surface area contributed by atoms with Gasteiger partial charge in [-0.1, -0.05) is 0 Å². The molecule has 0 spiro atoms. The van der Waals surface area contributed by atoms with E-state index in [1.54, 1.807) is 6.20 Å². The SMILES string of the molecule is Cc1cnc2c(c1)nc(CCl)n2CCNC(N)=O. The summed E-state index contributed by atoms with van der Waals surface area (Å²) in [6.07, 6.45) is 1.78. The van der Waals surface area contributed by atoms with E-state index in [0.29, 0.717) is 19.0 Å². The number of urea groups is 1. The Bertz CT molecular complexity index is 580. The van der Waals surface area contributed by atoms with Crippen LogP contribution in [-0.4, -0.2) is 27.1 Å². The number of hydrogen-bond acceptors (Lipinski definition) is 3. The fourth-order valence-corrected chi connectivity index (χ4v) is 1.99. The van der Waals surface area contributed by atoms with E-state index in [1.165, 1.54) is 0 Å². The van der Waals surface area contributed by atoms with Gasteiger partial charge >= 0.3 is 6.03 Å². The molecule has 0 aliphatic carbocycles. The molecule has 0 saturated heterocycles. The summed E-state index contributed by atoms with van der Waals surface area (Å²) in [5, 5.41) is 2.53. The standard InChI is InChI=1S/C11H14ClN5O/c1-7-4-8-10(15-6-7)17(9(5-12)16-8)3-2-14-11(13)18/h4,6H,2-3,5H2,1H3,(H3,13,14,18). The minimum absolute atomic E-state index is 0.298. The molecule has 96 valence electrons. The Morgan fingerprint density at radius 2 is 2.39 bits per heavy atom. The van der Waals surface area contributed by atoms with Gasteiger partial charge in [0.25, 0.3) is 0 Å². The minimum atomic E-state index is -0.546. The number of nitrogens with one attached hydrogen (secondary N) is 1. The number of amides is 2. The van der Waals surface area contributed by atoms with Crippen molar-refractivity contribution in [3.8, 4) is 0 Å². The van der Waals surface area contributed by atoms with Gasteiger partial charge in [-0.05, 0) is 18.6 Å². The molecule has 0 radical (unpaired) electrons. The van der Waals surface area contributed by atoms with E-state index in [9.17, 15) is 4.79 Å². The van der Waals surface area contributed by atoms with Crippen molar-refractivity contribution in [3.63, 3.8) is 0 Å². The number of aromatic nitrogens is 3. The van der Waals surface area contributed by atoms with Gasteiger partial charge in [-0.3, -0.25) is 0 Å². The Balaban J connectivity index is 2.31. The lowest BCUT2D eigenvalue weighted by atomic mass is 10.3. The highest BCUT2D eigenvalue weighted by molar-refractivity contribution is 6.16. The van der Waals surface area contributed by atoms with Gasteiger partial charge in [0, 0.05) is 19.3 Å². The normalized spacial score (nSPS) is 10.8. The first kappa shape index (κ1) is 12.6. The van der Waals surface area contributed by atoms with Crippen molar-refractivity contribution in [2.45, 2.75) is 19.3 Å². The van der Waals surface area contributed by atoms with Crippen LogP contribution in [-0.2, 0) is 12.4 Å². The van der Waals surface area contributed by atoms with Crippen LogP contribution in [0.3, 0.4) is 0 Å². The van der Waals surface area contributed by atoms with Crippen LogP contribution < -0.4 is 11.1 Å². The highest BCUT2D eigenvalue weighted by Crippen LogP contribution is 2.16. The van der Waals surface area contributed by atoms with Crippen LogP contribution in [0.25, 0.3) is 11.2 Å². The molecule has 18 heavy (non-hydrogen) atoms. The minimum Gasteiger partial charge on any atom is -0.352 e. The van der Waals surface area contributed by atoms with Gasteiger partial charge in [-0.2, -0.15) is 0 Å². The Morgan fingerprint density at radius 1 is 1.61 bits per heavy atom. The summed E-state index contributed by atoms with van der Waals surface area (Å²) in [4.78, 5) is 19.4. The zero-order valence-corrected chi connectivity index (χ0v) is 10.7. The summed E-state index contributed by atoms with van der Waals surface area (Å²) in [6.45, 7) is 2.91. The van der Waals surface area contributed by atoms with Crippen LogP contribution in [0.4, 0.5) is 4.79 Å². The smallest absolute Gasteiger partial charge is 0.312 e. The third-order valence-corrected chi connectivity index (χ3v) is 2.79. The van der Waals surface area contributed by atoms with E-state index < -0.39 is 6.03 Å². The van der Waals surface area contributed by atoms with Gasteiger partial charge in [0.1, 0.15) is 11.3 Å². The third-order valence-electron chi connectivity index (χ3n) is 2.55. The fourth-order valence-electron chi connectivity index (χ4n) is 1.79. The van der Waals surface area contributed by atoms with Crippen LogP contribution >= 0.6 is 11.6 Å². The number of aryl methyl sites for hydroxylation is 1. The molecule has 0 unspecified atom stereocenters. The number of halogens is 1. The number of nitrogens with zero attached hydrogens (tertiary/aromatic N) is 3. The molecule has 0 saturated carbocycles. The van der Waals surface area contributed by atoms with Crippen molar-refractivity contribution >= 4 is 28.8 Å². The molecule has 7 heteroatoms. The molecule has 0 bridgehead atoms. The second-order valence-corrected chi connectivity index (χ2v) is 4.23. The summed E-state index contributed by atoms with van der Waals surface area (Å²) < 4.78 is 1.89.